The Bertz CT molecular complexity index is 398. The summed E-state index contributed by atoms with van der Waals surface area (Å²) in [7, 11) is 0. The largest absolute Gasteiger partial charge is 0.400 e. The number of Topliss-reactive ketones (excluding diaryl/α,β-unsaturated/α-hetero) is 2. The van der Waals surface area contributed by atoms with Crippen LogP contribution in [0.4, 0.5) is 0 Å². The second-order valence-electron chi connectivity index (χ2n) is 7.25. The Balaban J connectivity index is 3.27. The minimum absolute atomic E-state index is 0.239. The molecule has 0 spiro atoms. The highest BCUT2D eigenvalue weighted by Gasteiger charge is 2.52. The number of ketones is 2. The summed E-state index contributed by atoms with van der Waals surface area (Å²) in [5, 5.41) is 0. The van der Waals surface area contributed by atoms with Gasteiger partial charge in [-0.25, -0.2) is 0 Å². The van der Waals surface area contributed by atoms with Gasteiger partial charge < -0.3 is 5.53 Å². The lowest BCUT2D eigenvalue weighted by molar-refractivity contribution is -0.137. The van der Waals surface area contributed by atoms with Crippen LogP contribution >= 0.6 is 0 Å². The van der Waals surface area contributed by atoms with Gasteiger partial charge in [0.1, 0.15) is 0 Å². The summed E-state index contributed by atoms with van der Waals surface area (Å²) in [6.07, 6.45) is 0.531. The van der Waals surface area contributed by atoms with E-state index < -0.39 is 0 Å². The van der Waals surface area contributed by atoms with Crippen molar-refractivity contribution in [3.63, 3.8) is 0 Å². The van der Waals surface area contributed by atoms with Gasteiger partial charge in [0, 0.05) is 11.8 Å². The van der Waals surface area contributed by atoms with E-state index in [4.69, 9.17) is 5.53 Å². The number of nitrogens with zero attached hydrogens (tertiary/aromatic N) is 2. The smallest absolute Gasteiger partial charge is 0.360 e. The zero-order valence-electron chi connectivity index (χ0n) is 12.1. The molecular weight excluding hydrogens is 228 g/mol. The van der Waals surface area contributed by atoms with Gasteiger partial charge in [-0.05, 0) is 17.3 Å². The number of carbonyl (C=O) groups is 2. The summed E-state index contributed by atoms with van der Waals surface area (Å²) in [6.45, 7) is 11.8. The second kappa shape index (κ2) is 4.43. The quantitative estimate of drug-likeness (QED) is 0.489. The van der Waals surface area contributed by atoms with E-state index >= 15 is 0 Å². The first-order chi connectivity index (χ1) is 8.00. The predicted octanol–water partition coefficient (Wildman–Crippen LogP) is 2.52. The lowest BCUT2D eigenvalue weighted by Gasteiger charge is -2.38. The first-order valence-corrected chi connectivity index (χ1v) is 6.30. The zero-order valence-corrected chi connectivity index (χ0v) is 12.1. The fourth-order valence-electron chi connectivity index (χ4n) is 2.49. The maximum atomic E-state index is 12.2. The maximum absolute atomic E-state index is 12.2. The summed E-state index contributed by atoms with van der Waals surface area (Å²) in [4.78, 5) is 27.3. The first-order valence-electron chi connectivity index (χ1n) is 6.30. The van der Waals surface area contributed by atoms with Gasteiger partial charge in [0.15, 0.2) is 0 Å². The highest BCUT2D eigenvalue weighted by molar-refractivity contribution is 6.65. The maximum Gasteiger partial charge on any atom is 0.400 e. The summed E-state index contributed by atoms with van der Waals surface area (Å²) in [6, 6.07) is 0. The third-order valence-electron chi connectivity index (χ3n) is 3.76. The Morgan fingerprint density at radius 1 is 0.944 bits per heavy atom. The number of hydrogen-bond donors (Lipinski definition) is 0. The molecule has 0 bridgehead atoms. The molecular formula is C14H22N2O2. The van der Waals surface area contributed by atoms with Crippen LogP contribution in [0.5, 0.6) is 0 Å². The third-order valence-corrected chi connectivity index (χ3v) is 3.76. The van der Waals surface area contributed by atoms with E-state index in [1.54, 1.807) is 0 Å². The molecule has 4 heteroatoms. The molecule has 0 aromatic heterocycles. The normalized spacial score (nSPS) is 26.2. The minimum Gasteiger partial charge on any atom is -0.360 e. The molecule has 1 rings (SSSR count). The molecule has 0 amide bonds. The van der Waals surface area contributed by atoms with Crippen molar-refractivity contribution in [2.45, 2.75) is 48.0 Å². The molecule has 2 atom stereocenters. The standard InChI is InChI=1S/C14H22N2O2/c1-13(2,3)8-7-9(14(4,5)6)12(18)10(16-15)11(8)17/h8-9H,7H2,1-6H3/t8-,9-/m0/s1. The van der Waals surface area contributed by atoms with Crippen molar-refractivity contribution >= 4 is 17.3 Å². The molecule has 0 unspecified atom stereocenters. The Kier molecular flexibility index (Phi) is 3.64. The highest BCUT2D eigenvalue weighted by Crippen LogP contribution is 2.42. The van der Waals surface area contributed by atoms with Crippen LogP contribution in [-0.2, 0) is 9.59 Å². The van der Waals surface area contributed by atoms with Crippen LogP contribution in [0.15, 0.2) is 0 Å². The fourth-order valence-corrected chi connectivity index (χ4v) is 2.49. The van der Waals surface area contributed by atoms with Gasteiger partial charge in [-0.1, -0.05) is 41.5 Å². The van der Waals surface area contributed by atoms with Crippen LogP contribution in [0.3, 0.4) is 0 Å². The molecule has 0 N–H and O–H groups in total. The van der Waals surface area contributed by atoms with Crippen molar-refractivity contribution in [3.8, 4) is 0 Å². The van der Waals surface area contributed by atoms with Gasteiger partial charge in [-0.2, -0.15) is 4.79 Å². The highest BCUT2D eigenvalue weighted by atomic mass is 16.2. The molecule has 1 aliphatic carbocycles. The van der Waals surface area contributed by atoms with Gasteiger partial charge in [-0.15, -0.1) is 0 Å². The molecule has 0 heterocycles. The average molecular weight is 250 g/mol. The van der Waals surface area contributed by atoms with Crippen molar-refractivity contribution in [1.82, 2.24) is 0 Å². The first kappa shape index (κ1) is 14.8. The van der Waals surface area contributed by atoms with E-state index in [1.807, 2.05) is 41.5 Å². The lowest BCUT2D eigenvalue weighted by Crippen LogP contribution is -2.50. The van der Waals surface area contributed by atoms with Crippen LogP contribution < -0.4 is 0 Å². The van der Waals surface area contributed by atoms with Crippen molar-refractivity contribution < 1.29 is 14.4 Å². The summed E-state index contributed by atoms with van der Waals surface area (Å²) in [5.41, 5.74) is 8.19. The van der Waals surface area contributed by atoms with Gasteiger partial charge >= 0.3 is 5.71 Å². The van der Waals surface area contributed by atoms with Crippen LogP contribution in [0, 0.1) is 22.7 Å². The lowest BCUT2D eigenvalue weighted by atomic mass is 9.61. The SMILES string of the molecule is CC(C)(C)[C@H]1C[C@H](C(C)(C)C)C(=O)C(=[N+]=[N-])C1=O. The Morgan fingerprint density at radius 3 is 1.50 bits per heavy atom. The number of carbonyl (C=O) groups excluding carboxylic acids is 2. The third kappa shape index (κ3) is 2.59. The van der Waals surface area contributed by atoms with Gasteiger partial charge in [0.05, 0.1) is 0 Å². The second-order valence-corrected chi connectivity index (χ2v) is 7.25. The zero-order chi connectivity index (χ0) is 14.3. The van der Waals surface area contributed by atoms with E-state index in [9.17, 15) is 9.59 Å². The van der Waals surface area contributed by atoms with Crippen LogP contribution in [-0.4, -0.2) is 22.1 Å². The Morgan fingerprint density at radius 2 is 1.28 bits per heavy atom. The topological polar surface area (TPSA) is 70.5 Å². The molecule has 1 fully saturated rings. The molecule has 100 valence electrons. The fraction of sp³-hybridized carbons (Fsp3) is 0.786. The van der Waals surface area contributed by atoms with Crippen LogP contribution in [0.25, 0.3) is 5.53 Å². The van der Waals surface area contributed by atoms with Crippen molar-refractivity contribution in [2.75, 3.05) is 0 Å². The summed E-state index contributed by atoms with van der Waals surface area (Å²) in [5.74, 6) is -1.19. The van der Waals surface area contributed by atoms with Gasteiger partial charge in [-0.3, -0.25) is 9.59 Å². The van der Waals surface area contributed by atoms with E-state index in [-0.39, 0.29) is 39.9 Å². The van der Waals surface area contributed by atoms with E-state index in [0.717, 1.165) is 0 Å². The van der Waals surface area contributed by atoms with E-state index in [2.05, 4.69) is 4.79 Å². The van der Waals surface area contributed by atoms with Crippen LogP contribution in [0.2, 0.25) is 0 Å². The predicted molar refractivity (Wildman–Crippen MR) is 69.1 cm³/mol. The number of rotatable bonds is 0. The Labute approximate surface area is 108 Å². The molecule has 0 radical (unpaired) electrons. The molecule has 0 aliphatic heterocycles. The minimum atomic E-state index is -0.324. The van der Waals surface area contributed by atoms with Gasteiger partial charge in [0.2, 0.25) is 0 Å². The van der Waals surface area contributed by atoms with Crippen molar-refractivity contribution in [3.05, 3.63) is 5.53 Å². The summed E-state index contributed by atoms with van der Waals surface area (Å²) < 4.78 is 0. The van der Waals surface area contributed by atoms with Crippen LogP contribution in [0.1, 0.15) is 48.0 Å². The average Bonchev–Trinajstić information content (AvgIpc) is 2.14. The number of hydrogen-bond acceptors (Lipinski definition) is 2. The van der Waals surface area contributed by atoms with E-state index in [0.29, 0.717) is 6.42 Å². The molecule has 18 heavy (non-hydrogen) atoms. The molecule has 1 aliphatic rings. The van der Waals surface area contributed by atoms with Gasteiger partial charge in [0.25, 0.3) is 11.6 Å². The monoisotopic (exact) mass is 250 g/mol. The molecule has 0 aromatic rings. The molecule has 0 aromatic carbocycles. The van der Waals surface area contributed by atoms with Crippen molar-refractivity contribution in [1.29, 1.82) is 0 Å². The Hall–Kier alpha value is -1.28. The summed E-state index contributed by atoms with van der Waals surface area (Å²) >= 11 is 0. The molecule has 1 saturated carbocycles. The van der Waals surface area contributed by atoms with Crippen molar-refractivity contribution in [2.24, 2.45) is 22.7 Å². The molecule has 0 saturated heterocycles. The molecule has 4 nitrogen and oxygen atoms in total. The van der Waals surface area contributed by atoms with E-state index in [1.165, 1.54) is 0 Å².